The average molecular weight is 224 g/mol. The van der Waals surface area contributed by atoms with Gasteiger partial charge in [0.05, 0.1) is 23.7 Å². The lowest BCUT2D eigenvalue weighted by Crippen LogP contribution is -2.02. The number of aliphatic hydroxyl groups is 1. The van der Waals surface area contributed by atoms with E-state index in [1.165, 1.54) is 11.3 Å². The lowest BCUT2D eigenvalue weighted by atomic mass is 10.3. The molecule has 0 aliphatic carbocycles. The lowest BCUT2D eigenvalue weighted by Gasteiger charge is -1.95. The standard InChI is InChI=1S/C9H12N4OS/c1-6-8(15-9(10)11-6)7-2-3-13(12-7)4-5-14/h2-3,14H,4-5H2,1H3,(H2,10,11). The van der Waals surface area contributed by atoms with Crippen LogP contribution in [0.3, 0.4) is 0 Å². The van der Waals surface area contributed by atoms with Crippen molar-refractivity contribution in [3.63, 3.8) is 0 Å². The second-order valence-electron chi connectivity index (χ2n) is 3.15. The third-order valence-electron chi connectivity index (χ3n) is 2.02. The van der Waals surface area contributed by atoms with E-state index in [4.69, 9.17) is 10.8 Å². The summed E-state index contributed by atoms with van der Waals surface area (Å²) in [6.07, 6.45) is 1.83. The monoisotopic (exact) mass is 224 g/mol. The number of rotatable bonds is 3. The van der Waals surface area contributed by atoms with Gasteiger partial charge in [0.25, 0.3) is 0 Å². The molecule has 2 aromatic rings. The van der Waals surface area contributed by atoms with Gasteiger partial charge in [-0.1, -0.05) is 11.3 Å². The Morgan fingerprint density at radius 1 is 1.60 bits per heavy atom. The minimum absolute atomic E-state index is 0.0882. The Morgan fingerprint density at radius 2 is 2.40 bits per heavy atom. The minimum Gasteiger partial charge on any atom is -0.394 e. The summed E-state index contributed by atoms with van der Waals surface area (Å²) in [7, 11) is 0. The van der Waals surface area contributed by atoms with Crippen molar-refractivity contribution >= 4 is 16.5 Å². The van der Waals surface area contributed by atoms with Crippen LogP contribution in [0.25, 0.3) is 10.6 Å². The number of anilines is 1. The highest BCUT2D eigenvalue weighted by atomic mass is 32.1. The van der Waals surface area contributed by atoms with E-state index in [2.05, 4.69) is 10.1 Å². The minimum atomic E-state index is 0.0882. The van der Waals surface area contributed by atoms with Crippen molar-refractivity contribution in [1.29, 1.82) is 0 Å². The number of hydrogen-bond acceptors (Lipinski definition) is 5. The number of thiazole rings is 1. The van der Waals surface area contributed by atoms with Crippen LogP contribution in [0.1, 0.15) is 5.69 Å². The van der Waals surface area contributed by atoms with E-state index in [1.54, 1.807) is 4.68 Å². The molecule has 6 heteroatoms. The molecule has 0 amide bonds. The van der Waals surface area contributed by atoms with E-state index >= 15 is 0 Å². The van der Waals surface area contributed by atoms with Gasteiger partial charge in [-0.2, -0.15) is 5.10 Å². The van der Waals surface area contributed by atoms with Gasteiger partial charge in [-0.05, 0) is 13.0 Å². The highest BCUT2D eigenvalue weighted by Crippen LogP contribution is 2.29. The van der Waals surface area contributed by atoms with Crippen molar-refractivity contribution in [3.05, 3.63) is 18.0 Å². The molecule has 15 heavy (non-hydrogen) atoms. The topological polar surface area (TPSA) is 77.0 Å². The normalized spacial score (nSPS) is 10.8. The lowest BCUT2D eigenvalue weighted by molar-refractivity contribution is 0.269. The average Bonchev–Trinajstić information content (AvgIpc) is 2.73. The highest BCUT2D eigenvalue weighted by molar-refractivity contribution is 7.18. The molecule has 0 fully saturated rings. The fourth-order valence-electron chi connectivity index (χ4n) is 1.36. The van der Waals surface area contributed by atoms with Gasteiger partial charge in [-0.15, -0.1) is 0 Å². The fraction of sp³-hybridized carbons (Fsp3) is 0.333. The molecule has 0 aliphatic rings. The number of nitrogens with zero attached hydrogens (tertiary/aromatic N) is 3. The van der Waals surface area contributed by atoms with Crippen LogP contribution < -0.4 is 5.73 Å². The molecular formula is C9H12N4OS. The molecular weight excluding hydrogens is 212 g/mol. The molecule has 2 rings (SSSR count). The van der Waals surface area contributed by atoms with E-state index in [0.717, 1.165) is 16.3 Å². The summed E-state index contributed by atoms with van der Waals surface area (Å²) >= 11 is 1.43. The molecule has 0 radical (unpaired) electrons. The van der Waals surface area contributed by atoms with Crippen molar-refractivity contribution in [3.8, 4) is 10.6 Å². The van der Waals surface area contributed by atoms with Crippen LogP contribution in [-0.2, 0) is 6.54 Å². The summed E-state index contributed by atoms with van der Waals surface area (Å²) in [6, 6.07) is 1.90. The maximum Gasteiger partial charge on any atom is 0.180 e. The maximum atomic E-state index is 8.77. The SMILES string of the molecule is Cc1nc(N)sc1-c1ccn(CCO)n1. The van der Waals surface area contributed by atoms with Crippen LogP contribution in [0.15, 0.2) is 12.3 Å². The van der Waals surface area contributed by atoms with E-state index < -0.39 is 0 Å². The van der Waals surface area contributed by atoms with E-state index in [1.807, 2.05) is 19.2 Å². The number of nitrogens with two attached hydrogens (primary N) is 1. The second kappa shape index (κ2) is 4.00. The van der Waals surface area contributed by atoms with Gasteiger partial charge in [0.2, 0.25) is 0 Å². The molecule has 80 valence electrons. The smallest absolute Gasteiger partial charge is 0.180 e. The summed E-state index contributed by atoms with van der Waals surface area (Å²) in [6.45, 7) is 2.51. The zero-order valence-corrected chi connectivity index (χ0v) is 9.16. The Hall–Kier alpha value is -1.40. The summed E-state index contributed by atoms with van der Waals surface area (Å²) in [5.41, 5.74) is 7.37. The molecule has 0 unspecified atom stereocenters. The highest BCUT2D eigenvalue weighted by Gasteiger charge is 2.10. The Labute approximate surface area is 91.2 Å². The Bertz CT molecular complexity index is 462. The molecule has 0 aliphatic heterocycles. The molecule has 0 saturated heterocycles. The van der Waals surface area contributed by atoms with E-state index in [0.29, 0.717) is 11.7 Å². The predicted molar refractivity (Wildman–Crippen MR) is 59.6 cm³/mol. The van der Waals surface area contributed by atoms with Gasteiger partial charge in [0.1, 0.15) is 5.69 Å². The Kier molecular flexibility index (Phi) is 2.70. The maximum absolute atomic E-state index is 8.77. The number of aliphatic hydroxyl groups excluding tert-OH is 1. The fourth-order valence-corrected chi connectivity index (χ4v) is 2.16. The van der Waals surface area contributed by atoms with Gasteiger partial charge in [0.15, 0.2) is 5.13 Å². The van der Waals surface area contributed by atoms with Crippen LogP contribution in [0.4, 0.5) is 5.13 Å². The van der Waals surface area contributed by atoms with Crippen molar-refractivity contribution in [1.82, 2.24) is 14.8 Å². The van der Waals surface area contributed by atoms with Gasteiger partial charge in [-0.3, -0.25) is 4.68 Å². The third kappa shape index (κ3) is 2.00. The number of aromatic nitrogens is 3. The number of hydrogen-bond donors (Lipinski definition) is 2. The van der Waals surface area contributed by atoms with Crippen molar-refractivity contribution in [2.24, 2.45) is 0 Å². The molecule has 0 atom stereocenters. The Morgan fingerprint density at radius 3 is 3.00 bits per heavy atom. The molecule has 3 N–H and O–H groups in total. The van der Waals surface area contributed by atoms with Crippen molar-refractivity contribution < 1.29 is 5.11 Å². The van der Waals surface area contributed by atoms with Crippen LogP contribution in [-0.4, -0.2) is 26.5 Å². The zero-order chi connectivity index (χ0) is 10.8. The second-order valence-corrected chi connectivity index (χ2v) is 4.18. The first-order valence-electron chi connectivity index (χ1n) is 4.58. The van der Waals surface area contributed by atoms with Gasteiger partial charge >= 0.3 is 0 Å². The molecule has 0 saturated carbocycles. The number of aryl methyl sites for hydroxylation is 1. The van der Waals surface area contributed by atoms with Crippen LogP contribution in [0.5, 0.6) is 0 Å². The van der Waals surface area contributed by atoms with Gasteiger partial charge in [0, 0.05) is 6.20 Å². The zero-order valence-electron chi connectivity index (χ0n) is 8.34. The summed E-state index contributed by atoms with van der Waals surface area (Å²) in [5, 5.41) is 13.6. The largest absolute Gasteiger partial charge is 0.394 e. The van der Waals surface area contributed by atoms with Crippen molar-refractivity contribution in [2.45, 2.75) is 13.5 Å². The Balaban J connectivity index is 2.32. The molecule has 2 aromatic heterocycles. The number of nitrogen functional groups attached to an aromatic ring is 1. The quantitative estimate of drug-likeness (QED) is 0.811. The summed E-state index contributed by atoms with van der Waals surface area (Å²) < 4.78 is 1.70. The van der Waals surface area contributed by atoms with Crippen molar-refractivity contribution in [2.75, 3.05) is 12.3 Å². The molecule has 0 aromatic carbocycles. The molecule has 5 nitrogen and oxygen atoms in total. The summed E-state index contributed by atoms with van der Waals surface area (Å²) in [5.74, 6) is 0. The first-order chi connectivity index (χ1) is 7.20. The summed E-state index contributed by atoms with van der Waals surface area (Å²) in [4.78, 5) is 5.13. The molecule has 0 spiro atoms. The van der Waals surface area contributed by atoms with Crippen LogP contribution in [0.2, 0.25) is 0 Å². The first kappa shape index (κ1) is 10.1. The molecule has 0 bridgehead atoms. The predicted octanol–water partition coefficient (Wildman–Crippen LogP) is 0.890. The van der Waals surface area contributed by atoms with Gasteiger partial charge in [-0.25, -0.2) is 4.98 Å². The van der Waals surface area contributed by atoms with Crippen LogP contribution in [0, 0.1) is 6.92 Å². The van der Waals surface area contributed by atoms with Crippen LogP contribution >= 0.6 is 11.3 Å². The third-order valence-corrected chi connectivity index (χ3v) is 3.02. The van der Waals surface area contributed by atoms with E-state index in [9.17, 15) is 0 Å². The van der Waals surface area contributed by atoms with E-state index in [-0.39, 0.29) is 6.61 Å². The molecule has 2 heterocycles. The first-order valence-corrected chi connectivity index (χ1v) is 5.40. The van der Waals surface area contributed by atoms with Gasteiger partial charge < -0.3 is 10.8 Å².